The number of aromatic nitrogens is 2. The minimum Gasteiger partial charge on any atom is -0.349 e. The normalized spacial score (nSPS) is 20.8. The number of nitrogens with one attached hydrogen (secondary N) is 2. The second-order valence-electron chi connectivity index (χ2n) is 6.55. The fourth-order valence-corrected chi connectivity index (χ4v) is 3.39. The predicted octanol–water partition coefficient (Wildman–Crippen LogP) is 2.36. The Morgan fingerprint density at radius 3 is 2.88 bits per heavy atom. The quantitative estimate of drug-likeness (QED) is 0.887. The van der Waals surface area contributed by atoms with Crippen molar-refractivity contribution in [3.8, 4) is 0 Å². The van der Waals surface area contributed by atoms with Gasteiger partial charge in [0.05, 0.1) is 24.0 Å². The fourth-order valence-electron chi connectivity index (χ4n) is 3.39. The van der Waals surface area contributed by atoms with Crippen LogP contribution in [0.1, 0.15) is 48.3 Å². The number of hydrogen-bond acceptors (Lipinski definition) is 3. The van der Waals surface area contributed by atoms with Gasteiger partial charge in [-0.3, -0.25) is 9.48 Å². The predicted molar refractivity (Wildman–Crippen MR) is 95.1 cm³/mol. The number of hydrogen-bond donors (Lipinski definition) is 2. The van der Waals surface area contributed by atoms with Crippen molar-refractivity contribution in [3.63, 3.8) is 0 Å². The highest BCUT2D eigenvalue weighted by Gasteiger charge is 2.23. The summed E-state index contributed by atoms with van der Waals surface area (Å²) in [5.41, 5.74) is 2.90. The maximum absolute atomic E-state index is 12.7. The maximum atomic E-state index is 12.7. The molecule has 5 heteroatoms. The van der Waals surface area contributed by atoms with E-state index >= 15 is 0 Å². The molecule has 2 N–H and O–H groups in total. The molecule has 1 fully saturated rings. The summed E-state index contributed by atoms with van der Waals surface area (Å²) in [6.45, 7) is 5.89. The molecule has 1 saturated heterocycles. The molecule has 5 nitrogen and oxygen atoms in total. The Labute approximate surface area is 143 Å². The van der Waals surface area contributed by atoms with Crippen molar-refractivity contribution >= 4 is 5.91 Å². The molecule has 0 spiro atoms. The summed E-state index contributed by atoms with van der Waals surface area (Å²) in [5, 5.41) is 11.1. The minimum atomic E-state index is 0.00487. The van der Waals surface area contributed by atoms with Gasteiger partial charge in [0, 0.05) is 12.1 Å². The molecule has 3 rings (SSSR count). The number of rotatable bonds is 5. The van der Waals surface area contributed by atoms with E-state index in [2.05, 4.69) is 41.7 Å². The van der Waals surface area contributed by atoms with E-state index in [1.54, 1.807) is 6.20 Å². The summed E-state index contributed by atoms with van der Waals surface area (Å²) < 4.78 is 1.94. The molecule has 1 aliphatic heterocycles. The second kappa shape index (κ2) is 7.62. The van der Waals surface area contributed by atoms with Crippen LogP contribution < -0.4 is 10.6 Å². The van der Waals surface area contributed by atoms with Crippen molar-refractivity contribution in [2.75, 3.05) is 6.54 Å². The molecule has 128 valence electrons. The lowest BCUT2D eigenvalue weighted by atomic mass is 10.00. The van der Waals surface area contributed by atoms with Gasteiger partial charge < -0.3 is 10.6 Å². The number of benzene rings is 1. The summed E-state index contributed by atoms with van der Waals surface area (Å²) >= 11 is 0. The van der Waals surface area contributed by atoms with Crippen molar-refractivity contribution in [2.24, 2.45) is 0 Å². The number of amides is 1. The molecule has 24 heavy (non-hydrogen) atoms. The summed E-state index contributed by atoms with van der Waals surface area (Å²) in [7, 11) is 0. The molecule has 2 atom stereocenters. The van der Waals surface area contributed by atoms with Gasteiger partial charge in [0.2, 0.25) is 0 Å². The van der Waals surface area contributed by atoms with Gasteiger partial charge in [0.1, 0.15) is 0 Å². The first-order valence-corrected chi connectivity index (χ1v) is 8.80. The van der Waals surface area contributed by atoms with Gasteiger partial charge in [-0.1, -0.05) is 37.3 Å². The Hall–Kier alpha value is -2.14. The third kappa shape index (κ3) is 3.85. The van der Waals surface area contributed by atoms with Crippen LogP contribution in [0.5, 0.6) is 0 Å². The molecule has 0 aliphatic carbocycles. The van der Waals surface area contributed by atoms with Crippen LogP contribution in [-0.4, -0.2) is 34.3 Å². The van der Waals surface area contributed by atoms with Crippen molar-refractivity contribution in [3.05, 3.63) is 53.3 Å². The Kier molecular flexibility index (Phi) is 5.30. The van der Waals surface area contributed by atoms with Crippen LogP contribution in [0, 0.1) is 0 Å². The third-order valence-electron chi connectivity index (χ3n) is 4.66. The first-order valence-electron chi connectivity index (χ1n) is 8.80. The van der Waals surface area contributed by atoms with Crippen LogP contribution in [-0.2, 0) is 13.0 Å². The lowest BCUT2D eigenvalue weighted by Crippen LogP contribution is -2.46. The van der Waals surface area contributed by atoms with Crippen molar-refractivity contribution in [1.82, 2.24) is 20.4 Å². The molecule has 1 aromatic heterocycles. The lowest BCUT2D eigenvalue weighted by molar-refractivity contribution is 0.0924. The van der Waals surface area contributed by atoms with Crippen LogP contribution >= 0.6 is 0 Å². The van der Waals surface area contributed by atoms with Gasteiger partial charge >= 0.3 is 0 Å². The van der Waals surface area contributed by atoms with E-state index in [4.69, 9.17) is 0 Å². The smallest absolute Gasteiger partial charge is 0.254 e. The highest BCUT2D eigenvalue weighted by molar-refractivity contribution is 5.95. The van der Waals surface area contributed by atoms with Gasteiger partial charge in [-0.2, -0.15) is 5.10 Å². The Balaban J connectivity index is 1.72. The molecule has 0 radical (unpaired) electrons. The zero-order valence-corrected chi connectivity index (χ0v) is 14.5. The average molecular weight is 326 g/mol. The Bertz CT molecular complexity index is 680. The largest absolute Gasteiger partial charge is 0.349 e. The maximum Gasteiger partial charge on any atom is 0.254 e. The monoisotopic (exact) mass is 326 g/mol. The Morgan fingerprint density at radius 2 is 2.17 bits per heavy atom. The summed E-state index contributed by atoms with van der Waals surface area (Å²) in [6, 6.07) is 10.9. The van der Waals surface area contributed by atoms with Crippen molar-refractivity contribution < 1.29 is 4.79 Å². The highest BCUT2D eigenvalue weighted by Crippen LogP contribution is 2.14. The van der Waals surface area contributed by atoms with Crippen molar-refractivity contribution in [1.29, 1.82) is 0 Å². The zero-order chi connectivity index (χ0) is 16.9. The van der Waals surface area contributed by atoms with E-state index in [1.807, 2.05) is 22.9 Å². The molecule has 2 unspecified atom stereocenters. The average Bonchev–Trinajstić information content (AvgIpc) is 2.98. The van der Waals surface area contributed by atoms with E-state index in [1.165, 1.54) is 5.56 Å². The van der Waals surface area contributed by atoms with Crippen LogP contribution in [0.25, 0.3) is 0 Å². The van der Waals surface area contributed by atoms with Gasteiger partial charge in [-0.25, -0.2) is 0 Å². The molecular formula is C19H26N4O. The first-order chi connectivity index (χ1) is 11.7. The first kappa shape index (κ1) is 16.7. The van der Waals surface area contributed by atoms with Crippen LogP contribution in [0.2, 0.25) is 0 Å². The third-order valence-corrected chi connectivity index (χ3v) is 4.66. The standard InChI is InChI=1S/C19H26N4O/c1-3-18-17(19(24)22-16-9-10-20-14(2)11-16)12-21-23(18)13-15-7-5-4-6-8-15/h4-8,12,14,16,20H,3,9-11,13H2,1-2H3,(H,22,24). The number of carbonyl (C=O) groups is 1. The Morgan fingerprint density at radius 1 is 1.38 bits per heavy atom. The summed E-state index contributed by atoms with van der Waals surface area (Å²) in [6.07, 6.45) is 4.46. The molecule has 1 amide bonds. The van der Waals surface area contributed by atoms with E-state index in [9.17, 15) is 4.79 Å². The van der Waals surface area contributed by atoms with E-state index < -0.39 is 0 Å². The molecule has 1 aliphatic rings. The molecule has 1 aromatic carbocycles. The van der Waals surface area contributed by atoms with E-state index in [0.717, 1.165) is 31.5 Å². The lowest BCUT2D eigenvalue weighted by Gasteiger charge is -2.28. The number of piperidine rings is 1. The fraction of sp³-hybridized carbons (Fsp3) is 0.474. The summed E-state index contributed by atoms with van der Waals surface area (Å²) in [5.74, 6) is 0.00487. The van der Waals surface area contributed by atoms with Gasteiger partial charge in [-0.15, -0.1) is 0 Å². The molecule has 2 heterocycles. The summed E-state index contributed by atoms with van der Waals surface area (Å²) in [4.78, 5) is 12.7. The second-order valence-corrected chi connectivity index (χ2v) is 6.55. The van der Waals surface area contributed by atoms with Gasteiger partial charge in [0.15, 0.2) is 0 Å². The molecular weight excluding hydrogens is 300 g/mol. The molecule has 0 saturated carbocycles. The minimum absolute atomic E-state index is 0.00487. The van der Waals surface area contributed by atoms with Crippen molar-refractivity contribution in [2.45, 2.75) is 51.7 Å². The van der Waals surface area contributed by atoms with Crippen LogP contribution in [0.3, 0.4) is 0 Å². The number of carbonyl (C=O) groups excluding carboxylic acids is 1. The number of nitrogens with zero attached hydrogens (tertiary/aromatic N) is 2. The van der Waals surface area contributed by atoms with Gasteiger partial charge in [0.25, 0.3) is 5.91 Å². The van der Waals surface area contributed by atoms with E-state index in [-0.39, 0.29) is 11.9 Å². The SMILES string of the molecule is CCc1c(C(=O)NC2CCNC(C)C2)cnn1Cc1ccccc1. The van der Waals surface area contributed by atoms with Crippen LogP contribution in [0.4, 0.5) is 0 Å². The van der Waals surface area contributed by atoms with Crippen LogP contribution in [0.15, 0.2) is 36.5 Å². The zero-order valence-electron chi connectivity index (χ0n) is 14.5. The molecule has 0 bridgehead atoms. The van der Waals surface area contributed by atoms with Gasteiger partial charge in [-0.05, 0) is 38.3 Å². The molecule has 2 aromatic rings. The highest BCUT2D eigenvalue weighted by atomic mass is 16.1. The topological polar surface area (TPSA) is 59.0 Å². The van der Waals surface area contributed by atoms with E-state index in [0.29, 0.717) is 18.2 Å².